The van der Waals surface area contributed by atoms with Gasteiger partial charge in [-0.2, -0.15) is 5.10 Å². The van der Waals surface area contributed by atoms with Crippen LogP contribution in [-0.2, 0) is 4.79 Å². The number of benzene rings is 2. The summed E-state index contributed by atoms with van der Waals surface area (Å²) < 4.78 is 1.61. The van der Waals surface area contributed by atoms with Gasteiger partial charge in [0.2, 0.25) is 5.91 Å². The Morgan fingerprint density at radius 3 is 2.74 bits per heavy atom. The Kier molecular flexibility index (Phi) is 4.95. The summed E-state index contributed by atoms with van der Waals surface area (Å²) in [5.74, 6) is 0.164. The van der Waals surface area contributed by atoms with Crippen LogP contribution in [0.1, 0.15) is 0 Å². The number of halogens is 1. The third kappa shape index (κ3) is 3.91. The van der Waals surface area contributed by atoms with Crippen LogP contribution >= 0.6 is 23.4 Å². The second kappa shape index (κ2) is 7.30. The zero-order valence-corrected chi connectivity index (χ0v) is 13.6. The van der Waals surface area contributed by atoms with Crippen LogP contribution < -0.4 is 5.32 Å². The Hall–Kier alpha value is -2.31. The number of nitrogens with one attached hydrogen (secondary N) is 1. The first-order valence-electron chi connectivity index (χ1n) is 6.85. The van der Waals surface area contributed by atoms with Crippen LogP contribution in [0.2, 0.25) is 5.02 Å². The van der Waals surface area contributed by atoms with Crippen molar-refractivity contribution in [2.45, 2.75) is 4.90 Å². The zero-order valence-electron chi connectivity index (χ0n) is 12.0. The second-order valence-electron chi connectivity index (χ2n) is 4.62. The molecule has 0 aliphatic rings. The molecule has 3 aromatic rings. The first kappa shape index (κ1) is 15.6. The molecular weight excluding hydrogens is 332 g/mol. The SMILES string of the molecule is O=C(CSc1ccccc1Cl)Nc1ccccc1-n1cncn1. The molecule has 0 spiro atoms. The maximum atomic E-state index is 12.2. The average Bonchev–Trinajstić information content (AvgIpc) is 3.09. The smallest absolute Gasteiger partial charge is 0.234 e. The number of hydrogen-bond acceptors (Lipinski definition) is 4. The monoisotopic (exact) mass is 344 g/mol. The lowest BCUT2D eigenvalue weighted by molar-refractivity contribution is -0.113. The summed E-state index contributed by atoms with van der Waals surface area (Å²) in [5.41, 5.74) is 1.45. The molecule has 0 bridgehead atoms. The lowest BCUT2D eigenvalue weighted by Crippen LogP contribution is -2.15. The number of hydrogen-bond donors (Lipinski definition) is 1. The number of carbonyl (C=O) groups is 1. The van der Waals surface area contributed by atoms with Crippen molar-refractivity contribution in [1.29, 1.82) is 0 Å². The van der Waals surface area contributed by atoms with Crippen LogP contribution in [0.3, 0.4) is 0 Å². The number of aromatic nitrogens is 3. The number of carbonyl (C=O) groups excluding carboxylic acids is 1. The lowest BCUT2D eigenvalue weighted by atomic mass is 10.2. The molecule has 0 atom stereocenters. The van der Waals surface area contributed by atoms with E-state index in [-0.39, 0.29) is 11.7 Å². The van der Waals surface area contributed by atoms with Gasteiger partial charge in [-0.3, -0.25) is 4.79 Å². The fourth-order valence-corrected chi connectivity index (χ4v) is 3.04. The third-order valence-electron chi connectivity index (χ3n) is 3.04. The molecule has 116 valence electrons. The average molecular weight is 345 g/mol. The van der Waals surface area contributed by atoms with E-state index in [0.29, 0.717) is 10.7 Å². The third-order valence-corrected chi connectivity index (χ3v) is 4.55. The molecule has 1 aromatic heterocycles. The van der Waals surface area contributed by atoms with E-state index in [1.807, 2.05) is 48.5 Å². The molecule has 0 unspecified atom stereocenters. The zero-order chi connectivity index (χ0) is 16.1. The summed E-state index contributed by atoms with van der Waals surface area (Å²) in [6.45, 7) is 0. The van der Waals surface area contributed by atoms with Crippen LogP contribution in [0.5, 0.6) is 0 Å². The Balaban J connectivity index is 1.68. The van der Waals surface area contributed by atoms with E-state index in [0.717, 1.165) is 10.6 Å². The normalized spacial score (nSPS) is 10.5. The van der Waals surface area contributed by atoms with Crippen LogP contribution in [0.15, 0.2) is 66.1 Å². The number of amides is 1. The molecule has 0 aliphatic carbocycles. The number of rotatable bonds is 5. The number of anilines is 1. The minimum absolute atomic E-state index is 0.109. The molecule has 0 saturated heterocycles. The van der Waals surface area contributed by atoms with Gasteiger partial charge in [0.1, 0.15) is 12.7 Å². The molecule has 1 heterocycles. The summed E-state index contributed by atoms with van der Waals surface area (Å²) in [6, 6.07) is 14.9. The van der Waals surface area contributed by atoms with E-state index in [4.69, 9.17) is 11.6 Å². The van der Waals surface area contributed by atoms with Gasteiger partial charge in [0.25, 0.3) is 0 Å². The first-order valence-corrected chi connectivity index (χ1v) is 8.21. The quantitative estimate of drug-likeness (QED) is 0.718. The maximum Gasteiger partial charge on any atom is 0.234 e. The predicted molar refractivity (Wildman–Crippen MR) is 92.2 cm³/mol. The van der Waals surface area contributed by atoms with E-state index < -0.39 is 0 Å². The van der Waals surface area contributed by atoms with Crippen molar-refractivity contribution in [2.75, 3.05) is 11.1 Å². The summed E-state index contributed by atoms with van der Waals surface area (Å²) in [4.78, 5) is 17.0. The standard InChI is InChI=1S/C16H13ClN4OS/c17-12-5-1-4-8-15(12)23-9-16(22)20-13-6-2-3-7-14(13)21-11-18-10-19-21/h1-8,10-11H,9H2,(H,20,22). The second-order valence-corrected chi connectivity index (χ2v) is 6.05. The van der Waals surface area contributed by atoms with Crippen molar-refractivity contribution < 1.29 is 4.79 Å². The van der Waals surface area contributed by atoms with E-state index in [2.05, 4.69) is 15.4 Å². The Morgan fingerprint density at radius 2 is 1.96 bits per heavy atom. The van der Waals surface area contributed by atoms with Crippen molar-refractivity contribution in [2.24, 2.45) is 0 Å². The van der Waals surface area contributed by atoms with Crippen LogP contribution in [0.25, 0.3) is 5.69 Å². The van der Waals surface area contributed by atoms with Crippen LogP contribution in [-0.4, -0.2) is 26.4 Å². The Labute approximate surface area is 142 Å². The van der Waals surface area contributed by atoms with Gasteiger partial charge < -0.3 is 5.32 Å². The highest BCUT2D eigenvalue weighted by Gasteiger charge is 2.10. The van der Waals surface area contributed by atoms with E-state index in [9.17, 15) is 4.79 Å². The fraction of sp³-hybridized carbons (Fsp3) is 0.0625. The van der Waals surface area contributed by atoms with Crippen LogP contribution in [0, 0.1) is 0 Å². The molecule has 5 nitrogen and oxygen atoms in total. The molecule has 0 fully saturated rings. The lowest BCUT2D eigenvalue weighted by Gasteiger charge is -2.10. The fourth-order valence-electron chi connectivity index (χ4n) is 2.00. The molecule has 1 N–H and O–H groups in total. The minimum atomic E-state index is -0.109. The maximum absolute atomic E-state index is 12.2. The molecule has 3 rings (SSSR count). The van der Waals surface area contributed by atoms with Gasteiger partial charge in [0.05, 0.1) is 22.2 Å². The van der Waals surface area contributed by atoms with Gasteiger partial charge in [-0.1, -0.05) is 35.9 Å². The summed E-state index contributed by atoms with van der Waals surface area (Å²) in [6.07, 6.45) is 3.04. The van der Waals surface area contributed by atoms with Crippen molar-refractivity contribution in [3.63, 3.8) is 0 Å². The van der Waals surface area contributed by atoms with Crippen molar-refractivity contribution in [3.05, 3.63) is 66.2 Å². The van der Waals surface area contributed by atoms with Gasteiger partial charge in [0, 0.05) is 4.90 Å². The largest absolute Gasteiger partial charge is 0.323 e. The van der Waals surface area contributed by atoms with Crippen LogP contribution in [0.4, 0.5) is 5.69 Å². The highest BCUT2D eigenvalue weighted by molar-refractivity contribution is 8.00. The van der Waals surface area contributed by atoms with Gasteiger partial charge in [-0.15, -0.1) is 11.8 Å². The molecule has 23 heavy (non-hydrogen) atoms. The van der Waals surface area contributed by atoms with Gasteiger partial charge >= 0.3 is 0 Å². The molecule has 2 aromatic carbocycles. The summed E-state index contributed by atoms with van der Waals surface area (Å²) in [7, 11) is 0. The van der Waals surface area contributed by atoms with Gasteiger partial charge in [-0.05, 0) is 24.3 Å². The molecule has 0 radical (unpaired) electrons. The topological polar surface area (TPSA) is 59.8 Å². The molecule has 0 aliphatic heterocycles. The van der Waals surface area contributed by atoms with E-state index in [1.165, 1.54) is 18.1 Å². The number of thioether (sulfide) groups is 1. The Morgan fingerprint density at radius 1 is 1.17 bits per heavy atom. The van der Waals surface area contributed by atoms with Crippen molar-refractivity contribution >= 4 is 35.0 Å². The highest BCUT2D eigenvalue weighted by Crippen LogP contribution is 2.27. The van der Waals surface area contributed by atoms with Crippen molar-refractivity contribution in [1.82, 2.24) is 14.8 Å². The summed E-state index contributed by atoms with van der Waals surface area (Å²) in [5, 5.41) is 7.63. The highest BCUT2D eigenvalue weighted by atomic mass is 35.5. The van der Waals surface area contributed by atoms with E-state index >= 15 is 0 Å². The molecular formula is C16H13ClN4OS. The Bertz CT molecular complexity index is 807. The number of nitrogens with zero attached hydrogens (tertiary/aromatic N) is 3. The molecule has 1 amide bonds. The molecule has 0 saturated carbocycles. The van der Waals surface area contributed by atoms with E-state index in [1.54, 1.807) is 11.0 Å². The molecule has 7 heteroatoms. The van der Waals surface area contributed by atoms with Crippen molar-refractivity contribution in [3.8, 4) is 5.69 Å². The summed E-state index contributed by atoms with van der Waals surface area (Å²) >= 11 is 7.49. The van der Waals surface area contributed by atoms with Gasteiger partial charge in [-0.25, -0.2) is 9.67 Å². The minimum Gasteiger partial charge on any atom is -0.323 e. The van der Waals surface area contributed by atoms with Gasteiger partial charge in [0.15, 0.2) is 0 Å². The number of para-hydroxylation sites is 2. The first-order chi connectivity index (χ1) is 11.2. The predicted octanol–water partition coefficient (Wildman–Crippen LogP) is 3.65.